The Kier molecular flexibility index (Phi) is 5.80. The van der Waals surface area contributed by atoms with Gasteiger partial charge in [-0.1, -0.05) is 19.9 Å². The van der Waals surface area contributed by atoms with Crippen LogP contribution in [0.4, 0.5) is 5.82 Å². The zero-order valence-corrected chi connectivity index (χ0v) is 13.1. The molecule has 1 atom stereocenters. The molecular weight excluding hydrogens is 248 g/mol. The van der Waals surface area contributed by atoms with Gasteiger partial charge in [0.25, 0.3) is 0 Å². The molecule has 0 aromatic carbocycles. The minimum Gasteiger partial charge on any atom is -0.353 e. The maximum absolute atomic E-state index is 4.64. The highest BCUT2D eigenvalue weighted by molar-refractivity contribution is 5.47. The summed E-state index contributed by atoms with van der Waals surface area (Å²) in [5.74, 6) is 1.17. The zero-order valence-electron chi connectivity index (χ0n) is 13.1. The van der Waals surface area contributed by atoms with Crippen LogP contribution in [0.5, 0.6) is 0 Å². The lowest BCUT2D eigenvalue weighted by Crippen LogP contribution is -2.51. The van der Waals surface area contributed by atoms with E-state index in [1.54, 1.807) is 0 Å². The topological polar surface area (TPSA) is 31.4 Å². The van der Waals surface area contributed by atoms with Gasteiger partial charge in [-0.3, -0.25) is 4.90 Å². The van der Waals surface area contributed by atoms with Gasteiger partial charge in [0.1, 0.15) is 5.82 Å². The standard InChI is InChI=1S/C16H28N4/c1-4-8-17-12-14-7-6-9-18-16(14)20-11-10-19(3)15(5-2)13-20/h6-7,9,15,17H,4-5,8,10-13H2,1-3H3. The van der Waals surface area contributed by atoms with E-state index in [1.807, 2.05) is 12.3 Å². The van der Waals surface area contributed by atoms with Crippen LogP contribution in [0.25, 0.3) is 0 Å². The Bertz CT molecular complexity index is 407. The number of anilines is 1. The van der Waals surface area contributed by atoms with Crippen molar-refractivity contribution in [2.24, 2.45) is 0 Å². The largest absolute Gasteiger partial charge is 0.353 e. The van der Waals surface area contributed by atoms with Crippen LogP contribution >= 0.6 is 0 Å². The molecular formula is C16H28N4. The second kappa shape index (κ2) is 7.60. The van der Waals surface area contributed by atoms with Gasteiger partial charge in [-0.15, -0.1) is 0 Å². The quantitative estimate of drug-likeness (QED) is 0.806. The van der Waals surface area contributed by atoms with E-state index in [9.17, 15) is 0 Å². The highest BCUT2D eigenvalue weighted by Gasteiger charge is 2.24. The van der Waals surface area contributed by atoms with Crippen molar-refractivity contribution >= 4 is 5.82 Å². The van der Waals surface area contributed by atoms with Crippen molar-refractivity contribution < 1.29 is 0 Å². The number of nitrogens with one attached hydrogen (secondary N) is 1. The lowest BCUT2D eigenvalue weighted by molar-refractivity contribution is 0.212. The number of aromatic nitrogens is 1. The third-order valence-corrected chi connectivity index (χ3v) is 4.16. The molecule has 0 aliphatic carbocycles. The number of nitrogens with zero attached hydrogens (tertiary/aromatic N) is 3. The van der Waals surface area contributed by atoms with Gasteiger partial charge in [0.15, 0.2) is 0 Å². The van der Waals surface area contributed by atoms with Gasteiger partial charge in [0.05, 0.1) is 0 Å². The summed E-state index contributed by atoms with van der Waals surface area (Å²) >= 11 is 0. The smallest absolute Gasteiger partial charge is 0.133 e. The third kappa shape index (κ3) is 3.70. The molecule has 2 rings (SSSR count). The number of pyridine rings is 1. The first kappa shape index (κ1) is 15.3. The van der Waals surface area contributed by atoms with Crippen LogP contribution in [0.3, 0.4) is 0 Å². The van der Waals surface area contributed by atoms with Gasteiger partial charge in [0, 0.05) is 44.0 Å². The SMILES string of the molecule is CCCNCc1cccnc1N1CCN(C)C(CC)C1. The van der Waals surface area contributed by atoms with Gasteiger partial charge in [0.2, 0.25) is 0 Å². The Hall–Kier alpha value is -1.13. The van der Waals surface area contributed by atoms with Crippen molar-refractivity contribution in [2.75, 3.05) is 38.1 Å². The lowest BCUT2D eigenvalue weighted by atomic mass is 10.1. The van der Waals surface area contributed by atoms with E-state index in [4.69, 9.17) is 0 Å². The Morgan fingerprint density at radius 3 is 2.95 bits per heavy atom. The first-order valence-electron chi connectivity index (χ1n) is 7.86. The number of hydrogen-bond donors (Lipinski definition) is 1. The molecule has 4 heteroatoms. The van der Waals surface area contributed by atoms with Crippen molar-refractivity contribution in [3.8, 4) is 0 Å². The highest BCUT2D eigenvalue weighted by atomic mass is 15.3. The van der Waals surface area contributed by atoms with E-state index in [-0.39, 0.29) is 0 Å². The van der Waals surface area contributed by atoms with E-state index < -0.39 is 0 Å². The van der Waals surface area contributed by atoms with Crippen molar-refractivity contribution in [1.29, 1.82) is 0 Å². The molecule has 1 unspecified atom stereocenters. The summed E-state index contributed by atoms with van der Waals surface area (Å²) in [7, 11) is 2.23. The molecule has 0 spiro atoms. The van der Waals surface area contributed by atoms with Crippen molar-refractivity contribution in [3.05, 3.63) is 23.9 Å². The average Bonchev–Trinajstić information content (AvgIpc) is 2.49. The number of likely N-dealkylation sites (N-methyl/N-ethyl adjacent to an activating group) is 1. The molecule has 1 aromatic rings. The first-order chi connectivity index (χ1) is 9.76. The molecule has 0 bridgehead atoms. The van der Waals surface area contributed by atoms with Gasteiger partial charge in [-0.2, -0.15) is 0 Å². The summed E-state index contributed by atoms with van der Waals surface area (Å²) in [5, 5.41) is 3.49. The molecule has 1 saturated heterocycles. The predicted molar refractivity (Wildman–Crippen MR) is 85.2 cm³/mol. The van der Waals surface area contributed by atoms with Gasteiger partial charge in [-0.25, -0.2) is 4.98 Å². The van der Waals surface area contributed by atoms with Crippen LogP contribution in [0.1, 0.15) is 32.3 Å². The van der Waals surface area contributed by atoms with Gasteiger partial charge in [-0.05, 0) is 32.5 Å². The van der Waals surface area contributed by atoms with Crippen LogP contribution < -0.4 is 10.2 Å². The predicted octanol–water partition coefficient (Wildman–Crippen LogP) is 2.11. The minimum atomic E-state index is 0.641. The van der Waals surface area contributed by atoms with Crippen molar-refractivity contribution in [3.63, 3.8) is 0 Å². The van der Waals surface area contributed by atoms with E-state index in [0.29, 0.717) is 6.04 Å². The lowest BCUT2D eigenvalue weighted by Gasteiger charge is -2.40. The second-order valence-electron chi connectivity index (χ2n) is 5.65. The summed E-state index contributed by atoms with van der Waals surface area (Å²) in [5.41, 5.74) is 1.32. The van der Waals surface area contributed by atoms with Crippen LogP contribution in [-0.2, 0) is 6.54 Å². The molecule has 0 saturated carbocycles. The Morgan fingerprint density at radius 1 is 1.35 bits per heavy atom. The van der Waals surface area contributed by atoms with Crippen LogP contribution in [0.15, 0.2) is 18.3 Å². The van der Waals surface area contributed by atoms with Gasteiger partial charge >= 0.3 is 0 Å². The molecule has 1 fully saturated rings. The molecule has 1 aliphatic rings. The molecule has 112 valence electrons. The van der Waals surface area contributed by atoms with E-state index in [1.165, 1.54) is 24.2 Å². The molecule has 1 aromatic heterocycles. The van der Waals surface area contributed by atoms with Gasteiger partial charge < -0.3 is 10.2 Å². The Balaban J connectivity index is 2.07. The summed E-state index contributed by atoms with van der Waals surface area (Å²) < 4.78 is 0. The molecule has 4 nitrogen and oxygen atoms in total. The summed E-state index contributed by atoms with van der Waals surface area (Å²) in [6.07, 6.45) is 4.28. The van der Waals surface area contributed by atoms with Crippen LogP contribution in [0, 0.1) is 0 Å². The fraction of sp³-hybridized carbons (Fsp3) is 0.688. The fourth-order valence-corrected chi connectivity index (χ4v) is 2.83. The molecule has 1 N–H and O–H groups in total. The average molecular weight is 276 g/mol. The summed E-state index contributed by atoms with van der Waals surface area (Å²) in [6, 6.07) is 4.88. The van der Waals surface area contributed by atoms with Crippen LogP contribution in [0.2, 0.25) is 0 Å². The number of piperazine rings is 1. The highest BCUT2D eigenvalue weighted by Crippen LogP contribution is 2.21. The fourth-order valence-electron chi connectivity index (χ4n) is 2.83. The molecule has 20 heavy (non-hydrogen) atoms. The Morgan fingerprint density at radius 2 is 2.20 bits per heavy atom. The molecule has 1 aliphatic heterocycles. The maximum Gasteiger partial charge on any atom is 0.133 e. The van der Waals surface area contributed by atoms with E-state index >= 15 is 0 Å². The zero-order chi connectivity index (χ0) is 14.4. The maximum atomic E-state index is 4.64. The first-order valence-corrected chi connectivity index (χ1v) is 7.86. The van der Waals surface area contributed by atoms with Crippen molar-refractivity contribution in [1.82, 2.24) is 15.2 Å². The molecule has 2 heterocycles. The van der Waals surface area contributed by atoms with Crippen molar-refractivity contribution in [2.45, 2.75) is 39.3 Å². The third-order valence-electron chi connectivity index (χ3n) is 4.16. The summed E-state index contributed by atoms with van der Waals surface area (Å²) in [4.78, 5) is 9.56. The molecule has 0 radical (unpaired) electrons. The summed E-state index contributed by atoms with van der Waals surface area (Å²) in [6.45, 7) is 9.73. The molecule has 0 amide bonds. The minimum absolute atomic E-state index is 0.641. The van der Waals surface area contributed by atoms with Crippen LogP contribution in [-0.4, -0.2) is 49.2 Å². The Labute approximate surface area is 123 Å². The monoisotopic (exact) mass is 276 g/mol. The van der Waals surface area contributed by atoms with E-state index in [2.05, 4.69) is 47.1 Å². The normalized spacial score (nSPS) is 20.4. The second-order valence-corrected chi connectivity index (χ2v) is 5.65. The number of rotatable bonds is 6. The number of hydrogen-bond acceptors (Lipinski definition) is 4. The van der Waals surface area contributed by atoms with E-state index in [0.717, 1.165) is 32.7 Å².